The van der Waals surface area contributed by atoms with E-state index in [2.05, 4.69) is 10.6 Å². The molecule has 11 heteroatoms. The maximum atomic E-state index is 13.6. The van der Waals surface area contributed by atoms with Gasteiger partial charge in [-0.15, -0.1) is 0 Å². The Labute approximate surface area is 198 Å². The van der Waals surface area contributed by atoms with Crippen molar-refractivity contribution in [3.8, 4) is 0 Å². The van der Waals surface area contributed by atoms with Crippen molar-refractivity contribution in [3.63, 3.8) is 0 Å². The molecule has 1 fully saturated rings. The van der Waals surface area contributed by atoms with E-state index in [9.17, 15) is 32.7 Å². The highest BCUT2D eigenvalue weighted by molar-refractivity contribution is 6.48. The predicted octanol–water partition coefficient (Wildman–Crippen LogP) is 3.64. The van der Waals surface area contributed by atoms with E-state index in [-0.39, 0.29) is 16.3 Å². The number of ketones is 1. The zero-order valence-electron chi connectivity index (χ0n) is 18.3. The molecule has 2 aromatic rings. The molecule has 0 unspecified atom stereocenters. The Morgan fingerprint density at radius 3 is 2.53 bits per heavy atom. The number of anilines is 1. The average molecular weight is 498 g/mol. The molecular weight excluding hydrogens is 475 g/mol. The largest absolute Gasteiger partial charge is 0.394 e. The molecule has 0 radical (unpaired) electrons. The standard InChI is InChI=1S/C23H23ClF3N3O4/c1-12-8-13(5-6-14(12)25)28-20(33)16-15-4-2-3-7-30(15)18(17(16)24)19(32)21(34)29-22(11-31)9-23(26,27)10-22/h5-6,8,31H,2-4,7,9-11H2,1H3,(H,28,33)(H,29,34). The van der Waals surface area contributed by atoms with Crippen molar-refractivity contribution in [1.29, 1.82) is 0 Å². The van der Waals surface area contributed by atoms with Crippen molar-refractivity contribution in [2.45, 2.75) is 57.0 Å². The number of carbonyl (C=O) groups excluding carboxylic acids is 3. The SMILES string of the molecule is Cc1cc(NC(=O)c2c(Cl)c(C(=O)C(=O)NC3(CO)CC(F)(F)C3)n3c2CCCC3)ccc1F. The van der Waals surface area contributed by atoms with Gasteiger partial charge < -0.3 is 20.3 Å². The summed E-state index contributed by atoms with van der Waals surface area (Å²) in [5.74, 6) is -6.34. The number of carbonyl (C=O) groups is 3. The van der Waals surface area contributed by atoms with E-state index >= 15 is 0 Å². The van der Waals surface area contributed by atoms with E-state index in [0.29, 0.717) is 36.3 Å². The number of rotatable bonds is 6. The summed E-state index contributed by atoms with van der Waals surface area (Å²) < 4.78 is 41.8. The lowest BCUT2D eigenvalue weighted by atomic mass is 9.74. The smallest absolute Gasteiger partial charge is 0.294 e. The van der Waals surface area contributed by atoms with E-state index < -0.39 is 54.3 Å². The van der Waals surface area contributed by atoms with Gasteiger partial charge in [0.2, 0.25) is 0 Å². The second kappa shape index (κ2) is 8.74. The fourth-order valence-corrected chi connectivity index (χ4v) is 5.04. The highest BCUT2D eigenvalue weighted by Crippen LogP contribution is 2.45. The third-order valence-corrected chi connectivity index (χ3v) is 6.66. The molecule has 0 atom stereocenters. The van der Waals surface area contributed by atoms with Crippen LogP contribution in [0.5, 0.6) is 0 Å². The second-order valence-corrected chi connectivity index (χ2v) is 9.32. The summed E-state index contributed by atoms with van der Waals surface area (Å²) in [5.41, 5.74) is -0.608. The summed E-state index contributed by atoms with van der Waals surface area (Å²) in [6, 6.07) is 4.05. The average Bonchev–Trinajstić information content (AvgIpc) is 3.05. The van der Waals surface area contributed by atoms with Crippen LogP contribution in [-0.2, 0) is 17.8 Å². The quantitative estimate of drug-likeness (QED) is 0.419. The van der Waals surface area contributed by atoms with Crippen LogP contribution >= 0.6 is 11.6 Å². The first kappa shape index (κ1) is 24.3. The maximum Gasteiger partial charge on any atom is 0.294 e. The molecule has 2 heterocycles. The minimum absolute atomic E-state index is 0.0338. The van der Waals surface area contributed by atoms with Gasteiger partial charge in [0.05, 0.1) is 22.7 Å². The first-order valence-electron chi connectivity index (χ1n) is 10.8. The maximum absolute atomic E-state index is 13.6. The topological polar surface area (TPSA) is 100 Å². The molecule has 1 aromatic carbocycles. The molecule has 1 aromatic heterocycles. The number of nitrogens with zero attached hydrogens (tertiary/aromatic N) is 1. The van der Waals surface area contributed by atoms with Crippen LogP contribution in [0.1, 0.15) is 57.8 Å². The number of benzene rings is 1. The number of hydrogen-bond acceptors (Lipinski definition) is 4. The molecular formula is C23H23ClF3N3O4. The Balaban J connectivity index is 1.63. The van der Waals surface area contributed by atoms with Gasteiger partial charge in [-0.1, -0.05) is 11.6 Å². The van der Waals surface area contributed by atoms with Crippen molar-refractivity contribution in [2.24, 2.45) is 0 Å². The first-order valence-corrected chi connectivity index (χ1v) is 11.2. The fraction of sp³-hybridized carbons (Fsp3) is 0.435. The third-order valence-electron chi connectivity index (χ3n) is 6.30. The number of hydrogen-bond donors (Lipinski definition) is 3. The second-order valence-electron chi connectivity index (χ2n) is 8.94. The Morgan fingerprint density at radius 1 is 1.21 bits per heavy atom. The molecule has 34 heavy (non-hydrogen) atoms. The van der Waals surface area contributed by atoms with E-state index in [1.165, 1.54) is 22.8 Å². The molecule has 1 saturated carbocycles. The van der Waals surface area contributed by atoms with Gasteiger partial charge >= 0.3 is 0 Å². The van der Waals surface area contributed by atoms with Crippen LogP contribution in [0.2, 0.25) is 5.02 Å². The molecule has 4 rings (SSSR count). The van der Waals surface area contributed by atoms with Crippen molar-refractivity contribution in [2.75, 3.05) is 11.9 Å². The number of aromatic nitrogens is 1. The van der Waals surface area contributed by atoms with Crippen LogP contribution in [0.25, 0.3) is 0 Å². The van der Waals surface area contributed by atoms with Crippen LogP contribution in [-0.4, -0.2) is 45.3 Å². The van der Waals surface area contributed by atoms with Crippen molar-refractivity contribution in [3.05, 3.63) is 51.6 Å². The van der Waals surface area contributed by atoms with Gasteiger partial charge in [-0.05, 0) is 49.9 Å². The summed E-state index contributed by atoms with van der Waals surface area (Å²) in [4.78, 5) is 38.8. The number of halogens is 4. The van der Waals surface area contributed by atoms with Gasteiger partial charge in [-0.3, -0.25) is 14.4 Å². The molecule has 7 nitrogen and oxygen atoms in total. The monoisotopic (exact) mass is 497 g/mol. The molecule has 0 bridgehead atoms. The lowest BCUT2D eigenvalue weighted by Crippen LogP contribution is -2.65. The van der Waals surface area contributed by atoms with Crippen LogP contribution < -0.4 is 10.6 Å². The van der Waals surface area contributed by atoms with Crippen molar-refractivity contribution < 1.29 is 32.7 Å². The van der Waals surface area contributed by atoms with Crippen molar-refractivity contribution >= 4 is 34.9 Å². The zero-order chi connectivity index (χ0) is 24.8. The van der Waals surface area contributed by atoms with Gasteiger partial charge in [-0.25, -0.2) is 13.2 Å². The number of alkyl halides is 2. The van der Waals surface area contributed by atoms with Crippen molar-refractivity contribution in [1.82, 2.24) is 9.88 Å². The lowest BCUT2D eigenvalue weighted by Gasteiger charge is -2.46. The van der Waals surface area contributed by atoms with E-state index in [1.54, 1.807) is 6.92 Å². The molecule has 3 N–H and O–H groups in total. The summed E-state index contributed by atoms with van der Waals surface area (Å²) in [6.07, 6.45) is 0.302. The molecule has 182 valence electrons. The van der Waals surface area contributed by atoms with Crippen LogP contribution in [0.3, 0.4) is 0 Å². The van der Waals surface area contributed by atoms with E-state index in [4.69, 9.17) is 11.6 Å². The fourth-order valence-electron chi connectivity index (χ4n) is 4.65. The third kappa shape index (κ3) is 4.32. The highest BCUT2D eigenvalue weighted by atomic mass is 35.5. The Bertz CT molecular complexity index is 1190. The lowest BCUT2D eigenvalue weighted by molar-refractivity contribution is -0.154. The zero-order valence-corrected chi connectivity index (χ0v) is 19.1. The van der Waals surface area contributed by atoms with Gasteiger partial charge in [0.1, 0.15) is 11.5 Å². The number of aliphatic hydroxyl groups excluding tert-OH is 1. The molecule has 2 amide bonds. The highest BCUT2D eigenvalue weighted by Gasteiger charge is 2.57. The van der Waals surface area contributed by atoms with Gasteiger partial charge in [0, 0.05) is 30.8 Å². The number of fused-ring (bicyclic) bond motifs is 1. The minimum Gasteiger partial charge on any atom is -0.394 e. The number of Topliss-reactive ketones (excluding diaryl/α,β-unsaturated/α-hetero) is 1. The molecule has 1 aliphatic carbocycles. The van der Waals surface area contributed by atoms with Gasteiger partial charge in [0.15, 0.2) is 0 Å². The van der Waals surface area contributed by atoms with Crippen LogP contribution in [0.15, 0.2) is 18.2 Å². The van der Waals surface area contributed by atoms with Gasteiger partial charge in [0.25, 0.3) is 23.5 Å². The Kier molecular flexibility index (Phi) is 6.24. The predicted molar refractivity (Wildman–Crippen MR) is 118 cm³/mol. The summed E-state index contributed by atoms with van der Waals surface area (Å²) >= 11 is 6.46. The molecule has 1 aliphatic heterocycles. The summed E-state index contributed by atoms with van der Waals surface area (Å²) in [5, 5.41) is 14.2. The summed E-state index contributed by atoms with van der Waals surface area (Å²) in [7, 11) is 0. The van der Waals surface area contributed by atoms with E-state index in [0.717, 1.165) is 6.42 Å². The normalized spacial score (nSPS) is 17.9. The molecule has 0 spiro atoms. The molecule has 2 aliphatic rings. The number of amides is 2. The van der Waals surface area contributed by atoms with Crippen LogP contribution in [0.4, 0.5) is 18.9 Å². The van der Waals surface area contributed by atoms with Crippen LogP contribution in [0, 0.1) is 12.7 Å². The first-order chi connectivity index (χ1) is 16.0. The van der Waals surface area contributed by atoms with E-state index in [1.807, 2.05) is 0 Å². The summed E-state index contributed by atoms with van der Waals surface area (Å²) in [6.45, 7) is 1.15. The Morgan fingerprint density at radius 2 is 1.91 bits per heavy atom. The number of nitrogens with one attached hydrogen (secondary N) is 2. The minimum atomic E-state index is -3.03. The Hall–Kier alpha value is -2.85. The number of aliphatic hydroxyl groups is 1. The van der Waals surface area contributed by atoms with Gasteiger partial charge in [-0.2, -0.15) is 0 Å². The number of aryl methyl sites for hydroxylation is 1. The molecule has 0 saturated heterocycles.